The smallest absolute Gasteiger partial charge is 0.164 e. The summed E-state index contributed by atoms with van der Waals surface area (Å²) in [6, 6.07) is 0. The van der Waals surface area contributed by atoms with Crippen molar-refractivity contribution >= 4 is 21.7 Å². The number of ether oxygens (including phenoxy) is 1. The summed E-state index contributed by atoms with van der Waals surface area (Å²) in [5.74, 6) is 0.0993. The molecular weight excluding hydrogens is 310 g/mol. The number of aryl methyl sites for hydroxylation is 2. The van der Waals surface area contributed by atoms with Crippen LogP contribution in [-0.2, 0) is 23.0 Å². The molecular formula is C13H20BrN3O2. The minimum absolute atomic E-state index is 0.0993. The van der Waals surface area contributed by atoms with Crippen molar-refractivity contribution in [3.8, 4) is 0 Å². The van der Waals surface area contributed by atoms with E-state index in [-0.39, 0.29) is 18.5 Å². The van der Waals surface area contributed by atoms with Crippen LogP contribution < -0.4 is 5.32 Å². The molecule has 1 saturated heterocycles. The molecule has 0 amide bonds. The monoisotopic (exact) mass is 329 g/mol. The Morgan fingerprint density at radius 1 is 1.53 bits per heavy atom. The molecule has 5 nitrogen and oxygen atoms in total. The van der Waals surface area contributed by atoms with Crippen molar-refractivity contribution in [2.45, 2.75) is 32.3 Å². The Balaban J connectivity index is 1.83. The Kier molecular flexibility index (Phi) is 5.13. The first-order valence-corrected chi connectivity index (χ1v) is 7.39. The number of hydrogen-bond acceptors (Lipinski definition) is 4. The average molecular weight is 330 g/mol. The van der Waals surface area contributed by atoms with Gasteiger partial charge in [0.25, 0.3) is 0 Å². The fourth-order valence-corrected chi connectivity index (χ4v) is 2.76. The van der Waals surface area contributed by atoms with E-state index in [1.165, 1.54) is 0 Å². The van der Waals surface area contributed by atoms with Crippen LogP contribution in [0.5, 0.6) is 0 Å². The minimum atomic E-state index is 0.0993. The van der Waals surface area contributed by atoms with Gasteiger partial charge in [0.2, 0.25) is 0 Å². The molecule has 1 aliphatic heterocycles. The molecule has 1 fully saturated rings. The highest BCUT2D eigenvalue weighted by Gasteiger charge is 2.17. The third-order valence-electron chi connectivity index (χ3n) is 3.39. The molecule has 1 N–H and O–H groups in total. The van der Waals surface area contributed by atoms with Gasteiger partial charge in [0.1, 0.15) is 6.61 Å². The van der Waals surface area contributed by atoms with Gasteiger partial charge in [-0.1, -0.05) is 0 Å². The second-order valence-electron chi connectivity index (χ2n) is 4.95. The van der Waals surface area contributed by atoms with Gasteiger partial charge in [-0.05, 0) is 48.8 Å². The van der Waals surface area contributed by atoms with Gasteiger partial charge < -0.3 is 10.1 Å². The molecule has 1 aliphatic rings. The number of carbonyl (C=O) groups excluding carboxylic acids is 1. The van der Waals surface area contributed by atoms with E-state index in [1.807, 2.05) is 14.0 Å². The predicted molar refractivity (Wildman–Crippen MR) is 76.2 cm³/mol. The summed E-state index contributed by atoms with van der Waals surface area (Å²) in [7, 11) is 1.86. The lowest BCUT2D eigenvalue weighted by atomic mass is 10.1. The number of nitrogens with one attached hydrogen (secondary N) is 1. The quantitative estimate of drug-likeness (QED) is 0.886. The molecule has 0 aromatic carbocycles. The topological polar surface area (TPSA) is 56.2 Å². The highest BCUT2D eigenvalue weighted by molar-refractivity contribution is 9.10. The van der Waals surface area contributed by atoms with E-state index in [2.05, 4.69) is 26.3 Å². The van der Waals surface area contributed by atoms with Crippen molar-refractivity contribution in [2.75, 3.05) is 19.7 Å². The number of hydrogen-bond donors (Lipinski definition) is 1. The molecule has 6 heteroatoms. The maximum atomic E-state index is 12.0. The normalized spacial score (nSPS) is 16.8. The summed E-state index contributed by atoms with van der Waals surface area (Å²) in [6.45, 7) is 4.07. The zero-order valence-electron chi connectivity index (χ0n) is 11.4. The SMILES string of the molecule is Cc1nn(C)c(CC(=O)COC2CCNCC2)c1Br. The van der Waals surface area contributed by atoms with Crippen molar-refractivity contribution in [3.05, 3.63) is 15.9 Å². The lowest BCUT2D eigenvalue weighted by Gasteiger charge is -2.22. The number of ketones is 1. The molecule has 1 aromatic heterocycles. The average Bonchev–Trinajstić information content (AvgIpc) is 2.64. The highest BCUT2D eigenvalue weighted by atomic mass is 79.9. The first kappa shape index (κ1) is 14.7. The second-order valence-corrected chi connectivity index (χ2v) is 5.74. The van der Waals surface area contributed by atoms with Gasteiger partial charge in [-0.3, -0.25) is 9.48 Å². The van der Waals surface area contributed by atoms with Gasteiger partial charge in [0.15, 0.2) is 5.78 Å². The summed E-state index contributed by atoms with van der Waals surface area (Å²) in [5, 5.41) is 7.56. The highest BCUT2D eigenvalue weighted by Crippen LogP contribution is 2.20. The van der Waals surface area contributed by atoms with Gasteiger partial charge in [-0.2, -0.15) is 5.10 Å². The fraction of sp³-hybridized carbons (Fsp3) is 0.692. The van der Waals surface area contributed by atoms with Crippen LogP contribution in [0.4, 0.5) is 0 Å². The zero-order valence-corrected chi connectivity index (χ0v) is 13.0. The van der Waals surface area contributed by atoms with Crippen LogP contribution in [0.15, 0.2) is 4.47 Å². The lowest BCUT2D eigenvalue weighted by Crippen LogP contribution is -2.33. The van der Waals surface area contributed by atoms with E-state index in [0.29, 0.717) is 6.42 Å². The summed E-state index contributed by atoms with van der Waals surface area (Å²) in [4.78, 5) is 12.0. The molecule has 0 aliphatic carbocycles. The van der Waals surface area contributed by atoms with Crippen LogP contribution in [0.1, 0.15) is 24.2 Å². The largest absolute Gasteiger partial charge is 0.370 e. The van der Waals surface area contributed by atoms with E-state index in [1.54, 1.807) is 4.68 Å². The number of piperidine rings is 1. The van der Waals surface area contributed by atoms with Crippen molar-refractivity contribution in [1.29, 1.82) is 0 Å². The number of halogens is 1. The first-order chi connectivity index (χ1) is 9.08. The predicted octanol–water partition coefficient (Wildman–Crippen LogP) is 1.37. The van der Waals surface area contributed by atoms with E-state index in [9.17, 15) is 4.79 Å². The fourth-order valence-electron chi connectivity index (χ4n) is 2.28. The molecule has 19 heavy (non-hydrogen) atoms. The van der Waals surface area contributed by atoms with Gasteiger partial charge >= 0.3 is 0 Å². The Hall–Kier alpha value is -0.720. The molecule has 1 aromatic rings. The Bertz CT molecular complexity index is 453. The first-order valence-electron chi connectivity index (χ1n) is 6.60. The maximum Gasteiger partial charge on any atom is 0.164 e. The van der Waals surface area contributed by atoms with E-state index >= 15 is 0 Å². The van der Waals surface area contributed by atoms with Crippen molar-refractivity contribution < 1.29 is 9.53 Å². The van der Waals surface area contributed by atoms with Crippen LogP contribution in [0.2, 0.25) is 0 Å². The van der Waals surface area contributed by atoms with E-state index < -0.39 is 0 Å². The molecule has 2 rings (SSSR count). The summed E-state index contributed by atoms with van der Waals surface area (Å²) in [5.41, 5.74) is 1.82. The maximum absolute atomic E-state index is 12.0. The molecule has 2 heterocycles. The second kappa shape index (κ2) is 6.63. The molecule has 0 bridgehead atoms. The van der Waals surface area contributed by atoms with Crippen molar-refractivity contribution in [3.63, 3.8) is 0 Å². The third-order valence-corrected chi connectivity index (χ3v) is 4.42. The number of nitrogens with zero attached hydrogens (tertiary/aromatic N) is 2. The molecule has 106 valence electrons. The van der Waals surface area contributed by atoms with Gasteiger partial charge in [-0.15, -0.1) is 0 Å². The molecule has 0 spiro atoms. The zero-order chi connectivity index (χ0) is 13.8. The Labute approximate surface area is 121 Å². The lowest BCUT2D eigenvalue weighted by molar-refractivity contribution is -0.125. The Morgan fingerprint density at radius 3 is 2.79 bits per heavy atom. The molecule has 0 atom stereocenters. The van der Waals surface area contributed by atoms with Crippen LogP contribution in [-0.4, -0.2) is 41.4 Å². The van der Waals surface area contributed by atoms with Crippen LogP contribution in [0, 0.1) is 6.92 Å². The standard InChI is InChI=1S/C13H20BrN3O2/c1-9-13(14)12(17(2)16-9)7-10(18)8-19-11-3-5-15-6-4-11/h11,15H,3-8H2,1-2H3. The summed E-state index contributed by atoms with van der Waals surface area (Å²) >= 11 is 3.47. The Morgan fingerprint density at radius 2 is 2.21 bits per heavy atom. The third kappa shape index (κ3) is 3.87. The number of aromatic nitrogens is 2. The van der Waals surface area contributed by atoms with Gasteiger partial charge in [0, 0.05) is 7.05 Å². The molecule has 0 radical (unpaired) electrons. The van der Waals surface area contributed by atoms with E-state index in [0.717, 1.165) is 41.8 Å². The van der Waals surface area contributed by atoms with Gasteiger partial charge in [0.05, 0.1) is 28.4 Å². The van der Waals surface area contributed by atoms with Crippen molar-refractivity contribution in [1.82, 2.24) is 15.1 Å². The van der Waals surface area contributed by atoms with E-state index in [4.69, 9.17) is 4.74 Å². The number of carbonyl (C=O) groups is 1. The van der Waals surface area contributed by atoms with Gasteiger partial charge in [-0.25, -0.2) is 0 Å². The van der Waals surface area contributed by atoms with Crippen LogP contribution in [0.25, 0.3) is 0 Å². The summed E-state index contributed by atoms with van der Waals surface area (Å²) < 4.78 is 8.34. The number of rotatable bonds is 5. The summed E-state index contributed by atoms with van der Waals surface area (Å²) in [6.07, 6.45) is 2.56. The molecule has 0 unspecified atom stereocenters. The van der Waals surface area contributed by atoms with Crippen LogP contribution >= 0.6 is 15.9 Å². The number of Topliss-reactive ketones (excluding diaryl/α,β-unsaturated/α-hetero) is 1. The van der Waals surface area contributed by atoms with Crippen molar-refractivity contribution in [2.24, 2.45) is 7.05 Å². The molecule has 0 saturated carbocycles. The van der Waals surface area contributed by atoms with Crippen LogP contribution in [0.3, 0.4) is 0 Å². The minimum Gasteiger partial charge on any atom is -0.370 e.